The van der Waals surface area contributed by atoms with Crippen LogP contribution in [0.1, 0.15) is 21.8 Å². The SMILES string of the molecule is O=C(c1c(F)cccc1F)C1CNc2nccc(-c3cc(F)cc(F)c3)c21. The Morgan fingerprint density at radius 2 is 1.67 bits per heavy atom. The summed E-state index contributed by atoms with van der Waals surface area (Å²) in [6.45, 7) is 0.0732. The second-order valence-electron chi connectivity index (χ2n) is 6.17. The smallest absolute Gasteiger partial charge is 0.178 e. The fourth-order valence-corrected chi connectivity index (χ4v) is 3.36. The summed E-state index contributed by atoms with van der Waals surface area (Å²) in [5, 5.41) is 2.91. The summed E-state index contributed by atoms with van der Waals surface area (Å²) in [7, 11) is 0. The van der Waals surface area contributed by atoms with Gasteiger partial charge in [-0.3, -0.25) is 4.79 Å². The molecule has 2 aromatic carbocycles. The van der Waals surface area contributed by atoms with Crippen LogP contribution in [-0.2, 0) is 0 Å². The summed E-state index contributed by atoms with van der Waals surface area (Å²) in [6.07, 6.45) is 1.43. The zero-order chi connectivity index (χ0) is 19.1. The molecule has 1 unspecified atom stereocenters. The third kappa shape index (κ3) is 2.95. The standard InChI is InChI=1S/C20H12F4N2O/c21-11-6-10(7-12(22)8-11)13-4-5-25-20-17(13)14(9-26-20)19(27)18-15(23)2-1-3-16(18)24/h1-8,14H,9H2,(H,25,26). The Bertz CT molecular complexity index is 1030. The molecule has 3 nitrogen and oxygen atoms in total. The zero-order valence-electron chi connectivity index (χ0n) is 13.8. The second-order valence-corrected chi connectivity index (χ2v) is 6.17. The van der Waals surface area contributed by atoms with Crippen LogP contribution in [-0.4, -0.2) is 17.3 Å². The summed E-state index contributed by atoms with van der Waals surface area (Å²) in [4.78, 5) is 17.0. The van der Waals surface area contributed by atoms with Gasteiger partial charge in [0.25, 0.3) is 0 Å². The lowest BCUT2D eigenvalue weighted by molar-refractivity contribution is 0.0958. The Hall–Kier alpha value is -3.22. The van der Waals surface area contributed by atoms with E-state index in [1.54, 1.807) is 0 Å². The van der Waals surface area contributed by atoms with Crippen LogP contribution in [0.2, 0.25) is 0 Å². The van der Waals surface area contributed by atoms with Gasteiger partial charge in [0.1, 0.15) is 29.1 Å². The van der Waals surface area contributed by atoms with Crippen molar-refractivity contribution in [3.63, 3.8) is 0 Å². The number of carbonyl (C=O) groups is 1. The fourth-order valence-electron chi connectivity index (χ4n) is 3.36. The van der Waals surface area contributed by atoms with Gasteiger partial charge in [0.15, 0.2) is 5.78 Å². The Labute approximate surface area is 151 Å². The van der Waals surface area contributed by atoms with Crippen LogP contribution in [0.3, 0.4) is 0 Å². The zero-order valence-corrected chi connectivity index (χ0v) is 13.8. The van der Waals surface area contributed by atoms with E-state index in [1.165, 1.54) is 18.3 Å². The molecule has 0 aliphatic carbocycles. The number of benzene rings is 2. The molecule has 4 rings (SSSR count). The molecule has 0 fully saturated rings. The van der Waals surface area contributed by atoms with Gasteiger partial charge in [-0.2, -0.15) is 0 Å². The lowest BCUT2D eigenvalue weighted by Crippen LogP contribution is -2.18. The first kappa shape index (κ1) is 17.2. The summed E-state index contributed by atoms with van der Waals surface area (Å²) in [5.74, 6) is -4.84. The number of hydrogen-bond acceptors (Lipinski definition) is 3. The highest BCUT2D eigenvalue weighted by atomic mass is 19.1. The number of fused-ring (bicyclic) bond motifs is 1. The molecule has 1 atom stereocenters. The van der Waals surface area contributed by atoms with Gasteiger partial charge in [-0.05, 0) is 41.5 Å². The van der Waals surface area contributed by atoms with Crippen molar-refractivity contribution in [2.45, 2.75) is 5.92 Å². The third-order valence-corrected chi connectivity index (χ3v) is 4.51. The van der Waals surface area contributed by atoms with Crippen LogP contribution in [0.15, 0.2) is 48.7 Å². The molecule has 0 saturated carbocycles. The molecule has 27 heavy (non-hydrogen) atoms. The number of anilines is 1. The molecule has 3 aromatic rings. The van der Waals surface area contributed by atoms with Gasteiger partial charge >= 0.3 is 0 Å². The number of nitrogens with zero attached hydrogens (tertiary/aromatic N) is 1. The van der Waals surface area contributed by atoms with Crippen LogP contribution in [0.25, 0.3) is 11.1 Å². The molecule has 1 aliphatic rings. The van der Waals surface area contributed by atoms with Crippen molar-refractivity contribution in [1.82, 2.24) is 4.98 Å². The van der Waals surface area contributed by atoms with Crippen molar-refractivity contribution < 1.29 is 22.4 Å². The molecule has 1 aliphatic heterocycles. The topological polar surface area (TPSA) is 42.0 Å². The second kappa shape index (κ2) is 6.50. The number of Topliss-reactive ketones (excluding diaryl/α,β-unsaturated/α-hetero) is 1. The molecule has 136 valence electrons. The molecular weight excluding hydrogens is 360 g/mol. The molecule has 2 heterocycles. The fraction of sp³-hybridized carbons (Fsp3) is 0.100. The predicted molar refractivity (Wildman–Crippen MR) is 91.5 cm³/mol. The quantitative estimate of drug-likeness (QED) is 0.535. The maximum absolute atomic E-state index is 14.1. The van der Waals surface area contributed by atoms with E-state index in [2.05, 4.69) is 10.3 Å². The van der Waals surface area contributed by atoms with Crippen LogP contribution < -0.4 is 5.32 Å². The Morgan fingerprint density at radius 1 is 1.00 bits per heavy atom. The molecule has 7 heteroatoms. The van der Waals surface area contributed by atoms with E-state index in [4.69, 9.17) is 0 Å². The van der Waals surface area contributed by atoms with E-state index in [1.807, 2.05) is 0 Å². The van der Waals surface area contributed by atoms with Crippen LogP contribution in [0.4, 0.5) is 23.4 Å². The van der Waals surface area contributed by atoms with E-state index >= 15 is 0 Å². The molecule has 1 N–H and O–H groups in total. The van der Waals surface area contributed by atoms with Gasteiger partial charge < -0.3 is 5.32 Å². The monoisotopic (exact) mass is 372 g/mol. The van der Waals surface area contributed by atoms with Crippen molar-refractivity contribution >= 4 is 11.6 Å². The van der Waals surface area contributed by atoms with E-state index in [-0.39, 0.29) is 12.1 Å². The first-order chi connectivity index (χ1) is 13.0. The minimum absolute atomic E-state index is 0.0732. The van der Waals surface area contributed by atoms with Gasteiger partial charge in [0.05, 0.1) is 11.5 Å². The Balaban J connectivity index is 1.85. The number of hydrogen-bond donors (Lipinski definition) is 1. The lowest BCUT2D eigenvalue weighted by atomic mass is 9.87. The van der Waals surface area contributed by atoms with Gasteiger partial charge in [0, 0.05) is 24.4 Å². The number of rotatable bonds is 3. The maximum atomic E-state index is 14.1. The Morgan fingerprint density at radius 3 is 2.33 bits per heavy atom. The lowest BCUT2D eigenvalue weighted by Gasteiger charge is -2.15. The number of halogens is 4. The van der Waals surface area contributed by atoms with Gasteiger partial charge in [0.2, 0.25) is 0 Å². The summed E-state index contributed by atoms with van der Waals surface area (Å²) >= 11 is 0. The van der Waals surface area contributed by atoms with Gasteiger partial charge in [-0.25, -0.2) is 22.5 Å². The summed E-state index contributed by atoms with van der Waals surface area (Å²) < 4.78 is 55.4. The average Bonchev–Trinajstić information content (AvgIpc) is 3.04. The number of ketones is 1. The Kier molecular flexibility index (Phi) is 4.14. The number of carbonyl (C=O) groups excluding carboxylic acids is 1. The number of aromatic nitrogens is 1. The first-order valence-electron chi connectivity index (χ1n) is 8.13. The molecule has 1 aromatic heterocycles. The minimum Gasteiger partial charge on any atom is -0.369 e. The highest BCUT2D eigenvalue weighted by molar-refractivity contribution is 6.04. The molecule has 0 saturated heterocycles. The van der Waals surface area contributed by atoms with Crippen molar-refractivity contribution in [2.24, 2.45) is 0 Å². The average molecular weight is 372 g/mol. The molecule has 0 amide bonds. The predicted octanol–water partition coefficient (Wildman–Crippen LogP) is 4.70. The van der Waals surface area contributed by atoms with E-state index in [9.17, 15) is 22.4 Å². The third-order valence-electron chi connectivity index (χ3n) is 4.51. The maximum Gasteiger partial charge on any atom is 0.178 e. The van der Waals surface area contributed by atoms with E-state index < -0.39 is 40.5 Å². The largest absolute Gasteiger partial charge is 0.369 e. The summed E-state index contributed by atoms with van der Waals surface area (Å²) in [6, 6.07) is 7.69. The molecule has 0 spiro atoms. The number of nitrogens with one attached hydrogen (secondary N) is 1. The molecule has 0 radical (unpaired) electrons. The van der Waals surface area contributed by atoms with Crippen molar-refractivity contribution in [1.29, 1.82) is 0 Å². The van der Waals surface area contributed by atoms with E-state index in [0.717, 1.165) is 30.3 Å². The number of pyridine rings is 1. The molecular formula is C20H12F4N2O. The van der Waals surface area contributed by atoms with Crippen molar-refractivity contribution in [3.8, 4) is 11.1 Å². The van der Waals surface area contributed by atoms with E-state index in [0.29, 0.717) is 16.9 Å². The molecule has 0 bridgehead atoms. The summed E-state index contributed by atoms with van der Waals surface area (Å²) in [5.41, 5.74) is 0.299. The van der Waals surface area contributed by atoms with Crippen molar-refractivity contribution in [3.05, 3.63) is 83.1 Å². The van der Waals surface area contributed by atoms with Crippen LogP contribution >= 0.6 is 0 Å². The first-order valence-corrected chi connectivity index (χ1v) is 8.13. The highest BCUT2D eigenvalue weighted by Gasteiger charge is 2.35. The van der Waals surface area contributed by atoms with Gasteiger partial charge in [-0.1, -0.05) is 6.07 Å². The van der Waals surface area contributed by atoms with Gasteiger partial charge in [-0.15, -0.1) is 0 Å². The normalized spacial score (nSPS) is 15.3. The highest BCUT2D eigenvalue weighted by Crippen LogP contribution is 2.40. The van der Waals surface area contributed by atoms with Crippen LogP contribution in [0, 0.1) is 23.3 Å². The minimum atomic E-state index is -0.962. The van der Waals surface area contributed by atoms with Crippen molar-refractivity contribution in [2.75, 3.05) is 11.9 Å². The van der Waals surface area contributed by atoms with Crippen LogP contribution in [0.5, 0.6) is 0 Å².